The Bertz CT molecular complexity index is 630. The van der Waals surface area contributed by atoms with E-state index in [0.29, 0.717) is 16.5 Å². The summed E-state index contributed by atoms with van der Waals surface area (Å²) < 4.78 is 10.8. The molecule has 0 amide bonds. The van der Waals surface area contributed by atoms with Crippen LogP contribution in [0.2, 0.25) is 5.02 Å². The van der Waals surface area contributed by atoms with Crippen LogP contribution in [-0.2, 0) is 0 Å². The van der Waals surface area contributed by atoms with Crippen molar-refractivity contribution in [1.82, 2.24) is 9.97 Å². The van der Waals surface area contributed by atoms with Crippen LogP contribution < -0.4 is 9.47 Å². The molecule has 1 fully saturated rings. The summed E-state index contributed by atoms with van der Waals surface area (Å²) in [6.45, 7) is 0. The maximum absolute atomic E-state index is 11.8. The summed E-state index contributed by atoms with van der Waals surface area (Å²) in [4.78, 5) is 19.4. The fourth-order valence-electron chi connectivity index (χ4n) is 1.58. The van der Waals surface area contributed by atoms with Crippen molar-refractivity contribution in [3.63, 3.8) is 0 Å². The first-order chi connectivity index (χ1) is 9.72. The van der Waals surface area contributed by atoms with Gasteiger partial charge < -0.3 is 9.47 Å². The fourth-order valence-corrected chi connectivity index (χ4v) is 1.79. The van der Waals surface area contributed by atoms with E-state index in [9.17, 15) is 4.79 Å². The minimum absolute atomic E-state index is 0.189. The minimum atomic E-state index is -0.556. The number of benzene rings is 1. The summed E-state index contributed by atoms with van der Waals surface area (Å²) in [5.41, 5.74) is 0.189. The van der Waals surface area contributed by atoms with Crippen molar-refractivity contribution in [2.75, 3.05) is 0 Å². The molecule has 0 bridgehead atoms. The van der Waals surface area contributed by atoms with Crippen LogP contribution in [0.3, 0.4) is 0 Å². The molecule has 102 valence electrons. The third kappa shape index (κ3) is 3.05. The Morgan fingerprint density at radius 3 is 2.80 bits per heavy atom. The Morgan fingerprint density at radius 2 is 2.15 bits per heavy atom. The summed E-state index contributed by atoms with van der Waals surface area (Å²) in [6.07, 6.45) is 5.14. The van der Waals surface area contributed by atoms with Gasteiger partial charge in [-0.1, -0.05) is 11.6 Å². The van der Waals surface area contributed by atoms with E-state index in [2.05, 4.69) is 9.97 Å². The molecule has 1 heterocycles. The molecule has 0 aliphatic heterocycles. The maximum atomic E-state index is 11.8. The largest absolute Gasteiger partial charge is 0.489 e. The van der Waals surface area contributed by atoms with Crippen molar-refractivity contribution in [2.45, 2.75) is 18.9 Å². The zero-order valence-electron chi connectivity index (χ0n) is 10.5. The van der Waals surface area contributed by atoms with Gasteiger partial charge in [0.1, 0.15) is 17.8 Å². The molecule has 1 aromatic carbocycles. The molecule has 1 aliphatic rings. The number of ether oxygens (including phenoxy) is 2. The van der Waals surface area contributed by atoms with Crippen molar-refractivity contribution in [3.05, 3.63) is 47.5 Å². The van der Waals surface area contributed by atoms with Crippen molar-refractivity contribution in [3.8, 4) is 11.5 Å². The average Bonchev–Trinajstić information content (AvgIpc) is 3.27. The molecule has 2 aromatic rings. The number of hydrogen-bond donors (Lipinski definition) is 0. The van der Waals surface area contributed by atoms with Gasteiger partial charge in [-0.25, -0.2) is 14.8 Å². The van der Waals surface area contributed by atoms with E-state index in [1.165, 1.54) is 18.6 Å². The Hall–Kier alpha value is -2.14. The molecule has 1 saturated carbocycles. The van der Waals surface area contributed by atoms with E-state index in [1.54, 1.807) is 18.2 Å². The minimum Gasteiger partial charge on any atom is -0.489 e. The Balaban J connectivity index is 1.71. The zero-order valence-corrected chi connectivity index (χ0v) is 11.2. The van der Waals surface area contributed by atoms with Crippen LogP contribution in [0.4, 0.5) is 0 Å². The van der Waals surface area contributed by atoms with Gasteiger partial charge in [0.15, 0.2) is 5.69 Å². The van der Waals surface area contributed by atoms with E-state index >= 15 is 0 Å². The second-order valence-electron chi connectivity index (χ2n) is 4.39. The highest BCUT2D eigenvalue weighted by Gasteiger charge is 2.24. The molecule has 0 saturated heterocycles. The zero-order chi connectivity index (χ0) is 13.9. The molecule has 6 heteroatoms. The van der Waals surface area contributed by atoms with E-state index in [1.807, 2.05) is 0 Å². The van der Waals surface area contributed by atoms with E-state index in [4.69, 9.17) is 21.1 Å². The summed E-state index contributed by atoms with van der Waals surface area (Å²) in [5.74, 6) is 0.400. The molecule has 0 radical (unpaired) electrons. The molecule has 0 spiro atoms. The molecule has 5 nitrogen and oxygen atoms in total. The number of halogens is 1. The van der Waals surface area contributed by atoms with Crippen molar-refractivity contribution in [1.29, 1.82) is 0 Å². The van der Waals surface area contributed by atoms with E-state index < -0.39 is 5.97 Å². The van der Waals surface area contributed by atoms with Gasteiger partial charge >= 0.3 is 5.97 Å². The van der Waals surface area contributed by atoms with Gasteiger partial charge in [0, 0.05) is 12.3 Å². The molecule has 0 atom stereocenters. The summed E-state index contributed by atoms with van der Waals surface area (Å²) in [6, 6.07) is 6.37. The van der Waals surface area contributed by atoms with Gasteiger partial charge in [-0.05, 0) is 31.0 Å². The van der Waals surface area contributed by atoms with E-state index in [-0.39, 0.29) is 11.8 Å². The fraction of sp³-hybridized carbons (Fsp3) is 0.214. The normalized spacial score (nSPS) is 13.8. The number of nitrogens with zero attached hydrogens (tertiary/aromatic N) is 2. The van der Waals surface area contributed by atoms with Gasteiger partial charge in [0.25, 0.3) is 0 Å². The Morgan fingerprint density at radius 1 is 1.30 bits per heavy atom. The molecular formula is C14H11ClN2O3. The van der Waals surface area contributed by atoms with Crippen LogP contribution >= 0.6 is 11.6 Å². The van der Waals surface area contributed by atoms with Gasteiger partial charge in [0.2, 0.25) is 0 Å². The summed E-state index contributed by atoms with van der Waals surface area (Å²) in [7, 11) is 0. The lowest BCUT2D eigenvalue weighted by Crippen LogP contribution is -2.10. The SMILES string of the molecule is O=C(Oc1ccc(OC2CC2)c(Cl)c1)c1ccncn1. The molecular weight excluding hydrogens is 280 g/mol. The first-order valence-electron chi connectivity index (χ1n) is 6.17. The number of rotatable bonds is 4. The predicted molar refractivity (Wildman–Crippen MR) is 72.1 cm³/mol. The molecule has 0 unspecified atom stereocenters. The highest BCUT2D eigenvalue weighted by Crippen LogP contribution is 2.34. The van der Waals surface area contributed by atoms with Gasteiger partial charge in [0.05, 0.1) is 11.1 Å². The van der Waals surface area contributed by atoms with Crippen molar-refractivity contribution in [2.24, 2.45) is 0 Å². The Labute approximate surface area is 120 Å². The van der Waals surface area contributed by atoms with Gasteiger partial charge in [-0.15, -0.1) is 0 Å². The van der Waals surface area contributed by atoms with Gasteiger partial charge in [-0.2, -0.15) is 0 Å². The molecule has 1 aromatic heterocycles. The Kier molecular flexibility index (Phi) is 3.52. The highest BCUT2D eigenvalue weighted by atomic mass is 35.5. The van der Waals surface area contributed by atoms with Crippen LogP contribution in [0.15, 0.2) is 36.8 Å². The monoisotopic (exact) mass is 290 g/mol. The summed E-state index contributed by atoms with van der Waals surface area (Å²) >= 11 is 6.09. The lowest BCUT2D eigenvalue weighted by molar-refractivity contribution is 0.0728. The number of carbonyl (C=O) groups excluding carboxylic acids is 1. The quantitative estimate of drug-likeness (QED) is 0.640. The lowest BCUT2D eigenvalue weighted by atomic mass is 10.3. The van der Waals surface area contributed by atoms with Crippen LogP contribution in [0.5, 0.6) is 11.5 Å². The summed E-state index contributed by atoms with van der Waals surface area (Å²) in [5, 5.41) is 0.421. The lowest BCUT2D eigenvalue weighted by Gasteiger charge is -2.08. The third-order valence-corrected chi connectivity index (χ3v) is 3.02. The highest BCUT2D eigenvalue weighted by molar-refractivity contribution is 6.32. The van der Waals surface area contributed by atoms with E-state index in [0.717, 1.165) is 12.8 Å². The van der Waals surface area contributed by atoms with Crippen LogP contribution in [-0.4, -0.2) is 22.0 Å². The first kappa shape index (κ1) is 12.9. The molecule has 3 rings (SSSR count). The van der Waals surface area contributed by atoms with Crippen LogP contribution in [0.1, 0.15) is 23.3 Å². The average molecular weight is 291 g/mol. The first-order valence-corrected chi connectivity index (χ1v) is 6.54. The maximum Gasteiger partial charge on any atom is 0.362 e. The second-order valence-corrected chi connectivity index (χ2v) is 4.80. The number of aromatic nitrogens is 2. The molecule has 1 aliphatic carbocycles. The van der Waals surface area contributed by atoms with Crippen LogP contribution in [0.25, 0.3) is 0 Å². The standard InChI is InChI=1S/C14H11ClN2O3/c15-11-7-10(3-4-13(11)19-9-1-2-9)20-14(18)12-5-6-16-8-17-12/h3-9H,1-2H2. The predicted octanol–water partition coefficient (Wildman–Crippen LogP) is 2.89. The topological polar surface area (TPSA) is 61.3 Å². The molecule has 0 N–H and O–H groups in total. The number of esters is 1. The van der Waals surface area contributed by atoms with Crippen molar-refractivity contribution >= 4 is 17.6 Å². The molecule has 20 heavy (non-hydrogen) atoms. The second kappa shape index (κ2) is 5.46. The third-order valence-electron chi connectivity index (χ3n) is 2.72. The smallest absolute Gasteiger partial charge is 0.362 e. The number of carbonyl (C=O) groups is 1. The number of hydrogen-bond acceptors (Lipinski definition) is 5. The van der Waals surface area contributed by atoms with Gasteiger partial charge in [-0.3, -0.25) is 0 Å². The van der Waals surface area contributed by atoms with Crippen molar-refractivity contribution < 1.29 is 14.3 Å². The van der Waals surface area contributed by atoms with Crippen LogP contribution in [0, 0.1) is 0 Å².